The molecule has 1 rings (SSSR count). The van der Waals surface area contributed by atoms with Crippen LogP contribution in [0.1, 0.15) is 20.3 Å². The van der Waals surface area contributed by atoms with E-state index in [0.717, 1.165) is 17.9 Å². The lowest BCUT2D eigenvalue weighted by molar-refractivity contribution is -0.128. The Hall–Kier alpha value is -0.0200. The molecule has 1 heterocycles. The van der Waals surface area contributed by atoms with Crippen molar-refractivity contribution >= 4 is 17.5 Å². The first-order valence-corrected chi connectivity index (χ1v) is 5.57. The van der Waals surface area contributed by atoms with E-state index >= 15 is 0 Å². The van der Waals surface area contributed by atoms with Gasteiger partial charge in [0.05, 0.1) is 6.10 Å². The lowest BCUT2D eigenvalue weighted by Gasteiger charge is -2.09. The van der Waals surface area contributed by atoms with Crippen molar-refractivity contribution in [3.63, 3.8) is 0 Å². The van der Waals surface area contributed by atoms with Crippen LogP contribution >= 0.6 is 11.8 Å². The highest BCUT2D eigenvalue weighted by molar-refractivity contribution is 7.99. The second kappa shape index (κ2) is 4.87. The van der Waals surface area contributed by atoms with Gasteiger partial charge in [0.1, 0.15) is 6.61 Å². The first-order valence-electron chi connectivity index (χ1n) is 4.42. The van der Waals surface area contributed by atoms with E-state index in [2.05, 4.69) is 0 Å². The molecule has 0 saturated carbocycles. The van der Waals surface area contributed by atoms with Gasteiger partial charge < -0.3 is 4.74 Å². The van der Waals surface area contributed by atoms with Gasteiger partial charge in [-0.2, -0.15) is 11.8 Å². The molecule has 0 N–H and O–H groups in total. The maximum absolute atomic E-state index is 11.4. The van der Waals surface area contributed by atoms with E-state index in [1.165, 1.54) is 0 Å². The summed E-state index contributed by atoms with van der Waals surface area (Å²) in [6.07, 6.45) is 1.22. The highest BCUT2D eigenvalue weighted by atomic mass is 32.2. The highest BCUT2D eigenvalue weighted by Gasteiger charge is 2.22. The number of rotatable bonds is 4. The Labute approximate surface area is 78.1 Å². The molecule has 3 heteroatoms. The quantitative estimate of drug-likeness (QED) is 0.672. The highest BCUT2D eigenvalue weighted by Crippen LogP contribution is 2.24. The summed E-state index contributed by atoms with van der Waals surface area (Å²) >= 11 is 1.87. The smallest absolute Gasteiger partial charge is 0.162 e. The van der Waals surface area contributed by atoms with Crippen LogP contribution in [0, 0.1) is 5.92 Å². The molecule has 0 aromatic heterocycles. The van der Waals surface area contributed by atoms with Crippen LogP contribution < -0.4 is 0 Å². The van der Waals surface area contributed by atoms with Crippen molar-refractivity contribution in [1.82, 2.24) is 0 Å². The molecule has 1 fully saturated rings. The monoisotopic (exact) mass is 188 g/mol. The zero-order chi connectivity index (χ0) is 8.97. The third kappa shape index (κ3) is 3.15. The van der Waals surface area contributed by atoms with Crippen molar-refractivity contribution in [2.24, 2.45) is 5.92 Å². The molecule has 1 atom stereocenters. The summed E-state index contributed by atoms with van der Waals surface area (Å²) in [7, 11) is 0. The van der Waals surface area contributed by atoms with Crippen LogP contribution in [0.4, 0.5) is 0 Å². The number of carbonyl (C=O) groups is 1. The molecule has 1 unspecified atom stereocenters. The summed E-state index contributed by atoms with van der Waals surface area (Å²) in [4.78, 5) is 11.4. The summed E-state index contributed by atoms with van der Waals surface area (Å²) in [5, 5.41) is 0. The molecule has 0 bridgehead atoms. The lowest BCUT2D eigenvalue weighted by Crippen LogP contribution is -2.21. The molecule has 0 aromatic carbocycles. The molecule has 0 spiro atoms. The Morgan fingerprint density at radius 1 is 1.67 bits per heavy atom. The van der Waals surface area contributed by atoms with Crippen molar-refractivity contribution in [3.8, 4) is 0 Å². The molecule has 1 aliphatic rings. The van der Waals surface area contributed by atoms with Crippen LogP contribution in [0.5, 0.6) is 0 Å². The van der Waals surface area contributed by atoms with Gasteiger partial charge in [0.2, 0.25) is 0 Å². The van der Waals surface area contributed by atoms with Crippen LogP contribution in [0.3, 0.4) is 0 Å². The number of ether oxygens (including phenoxy) is 1. The van der Waals surface area contributed by atoms with Gasteiger partial charge in [-0.1, -0.05) is 0 Å². The molecule has 0 radical (unpaired) electrons. The van der Waals surface area contributed by atoms with Crippen LogP contribution in [-0.2, 0) is 9.53 Å². The second-order valence-electron chi connectivity index (χ2n) is 3.39. The van der Waals surface area contributed by atoms with Gasteiger partial charge in [-0.15, -0.1) is 0 Å². The zero-order valence-electron chi connectivity index (χ0n) is 7.71. The van der Waals surface area contributed by atoms with Crippen LogP contribution in [0.15, 0.2) is 0 Å². The summed E-state index contributed by atoms with van der Waals surface area (Å²) in [6, 6.07) is 0. The molecular formula is C9H16O2S. The first-order chi connectivity index (χ1) is 5.70. The van der Waals surface area contributed by atoms with E-state index < -0.39 is 0 Å². The molecule has 2 nitrogen and oxygen atoms in total. The Kier molecular flexibility index (Phi) is 4.09. The Morgan fingerprint density at radius 2 is 2.42 bits per heavy atom. The van der Waals surface area contributed by atoms with E-state index in [1.54, 1.807) is 0 Å². The average Bonchev–Trinajstić information content (AvgIpc) is 2.51. The Balaban J connectivity index is 2.18. The standard InChI is InChI=1S/C9H16O2S/c1-7(2)11-5-9(10)8-3-4-12-6-8/h7-8H,3-6H2,1-2H3. The minimum atomic E-state index is 0.169. The normalized spacial score (nSPS) is 23.4. The molecule has 1 saturated heterocycles. The molecule has 12 heavy (non-hydrogen) atoms. The van der Waals surface area contributed by atoms with E-state index in [-0.39, 0.29) is 17.8 Å². The molecule has 70 valence electrons. The minimum absolute atomic E-state index is 0.169. The maximum atomic E-state index is 11.4. The molecule has 0 aromatic rings. The average molecular weight is 188 g/mol. The van der Waals surface area contributed by atoms with Crippen LogP contribution in [0.2, 0.25) is 0 Å². The first kappa shape index (κ1) is 10.1. The number of carbonyl (C=O) groups excluding carboxylic acids is 1. The van der Waals surface area contributed by atoms with Crippen molar-refractivity contribution in [1.29, 1.82) is 0 Å². The largest absolute Gasteiger partial charge is 0.371 e. The van der Waals surface area contributed by atoms with Gasteiger partial charge in [0, 0.05) is 11.7 Å². The minimum Gasteiger partial charge on any atom is -0.371 e. The van der Waals surface area contributed by atoms with Gasteiger partial charge in [-0.3, -0.25) is 4.79 Å². The second-order valence-corrected chi connectivity index (χ2v) is 4.54. The van der Waals surface area contributed by atoms with E-state index in [9.17, 15) is 4.79 Å². The van der Waals surface area contributed by atoms with Crippen molar-refractivity contribution in [2.75, 3.05) is 18.1 Å². The number of Topliss-reactive ketones (excluding diaryl/α,β-unsaturated/α-hetero) is 1. The number of ketones is 1. The van der Waals surface area contributed by atoms with Gasteiger partial charge >= 0.3 is 0 Å². The van der Waals surface area contributed by atoms with Crippen molar-refractivity contribution < 1.29 is 9.53 Å². The summed E-state index contributed by atoms with van der Waals surface area (Å²) in [6.45, 7) is 4.22. The van der Waals surface area contributed by atoms with Crippen LogP contribution in [-0.4, -0.2) is 30.0 Å². The third-order valence-corrected chi connectivity index (χ3v) is 3.11. The SMILES string of the molecule is CC(C)OCC(=O)C1CCSC1. The summed E-state index contributed by atoms with van der Waals surface area (Å²) in [5.41, 5.74) is 0. The topological polar surface area (TPSA) is 26.3 Å². The fourth-order valence-electron chi connectivity index (χ4n) is 1.16. The van der Waals surface area contributed by atoms with Crippen molar-refractivity contribution in [2.45, 2.75) is 26.4 Å². The number of thioether (sulfide) groups is 1. The predicted octanol–water partition coefficient (Wildman–Crippen LogP) is 1.73. The van der Waals surface area contributed by atoms with Crippen molar-refractivity contribution in [3.05, 3.63) is 0 Å². The van der Waals surface area contributed by atoms with Gasteiger partial charge in [0.15, 0.2) is 5.78 Å². The maximum Gasteiger partial charge on any atom is 0.162 e. The fourth-order valence-corrected chi connectivity index (χ4v) is 2.41. The predicted molar refractivity (Wildman–Crippen MR) is 51.5 cm³/mol. The Morgan fingerprint density at radius 3 is 2.92 bits per heavy atom. The molecule has 0 aliphatic carbocycles. The molecule has 0 amide bonds. The van der Waals surface area contributed by atoms with Gasteiger partial charge in [0.25, 0.3) is 0 Å². The molecular weight excluding hydrogens is 172 g/mol. The Bertz CT molecular complexity index is 151. The van der Waals surface area contributed by atoms with Crippen LogP contribution in [0.25, 0.3) is 0 Å². The summed E-state index contributed by atoms with van der Waals surface area (Å²) < 4.78 is 5.26. The third-order valence-electron chi connectivity index (χ3n) is 1.94. The lowest BCUT2D eigenvalue weighted by atomic mass is 10.0. The van der Waals surface area contributed by atoms with E-state index in [4.69, 9.17) is 4.74 Å². The summed E-state index contributed by atoms with van der Waals surface area (Å²) in [5.74, 6) is 2.70. The number of hydrogen-bond donors (Lipinski definition) is 0. The van der Waals surface area contributed by atoms with E-state index in [1.807, 2.05) is 25.6 Å². The molecule has 1 aliphatic heterocycles. The fraction of sp³-hybridized carbons (Fsp3) is 0.889. The van der Waals surface area contributed by atoms with Gasteiger partial charge in [-0.25, -0.2) is 0 Å². The zero-order valence-corrected chi connectivity index (χ0v) is 8.52. The number of hydrogen-bond acceptors (Lipinski definition) is 3. The van der Waals surface area contributed by atoms with Gasteiger partial charge in [-0.05, 0) is 26.0 Å². The van der Waals surface area contributed by atoms with E-state index in [0.29, 0.717) is 6.61 Å².